The van der Waals surface area contributed by atoms with Crippen LogP contribution < -0.4 is 28.4 Å². The van der Waals surface area contributed by atoms with Crippen LogP contribution in [0.4, 0.5) is 0 Å². The lowest BCUT2D eigenvalue weighted by Gasteiger charge is -2.29. The van der Waals surface area contributed by atoms with Crippen LogP contribution in [0.5, 0.6) is 34.5 Å². The van der Waals surface area contributed by atoms with E-state index in [0.29, 0.717) is 64.2 Å². The van der Waals surface area contributed by atoms with Crippen LogP contribution >= 0.6 is 0 Å². The first-order valence-corrected chi connectivity index (χ1v) is 17.3. The van der Waals surface area contributed by atoms with Gasteiger partial charge in [0, 0.05) is 11.1 Å². The maximum absolute atomic E-state index is 13.9. The number of carbonyl (C=O) groups is 1. The number of aryl methyl sites for hydroxylation is 2. The average Bonchev–Trinajstić information content (AvgIpc) is 3.19. The SMILES string of the molecule is C=C(CCC(OC(=O)c1ccc(C)c(OC)c1)C(COC(=C)c1ccc(OC)c(C)c1)OC(=C)c1ccc(OC)c(OC)c1)c1ccc(OC)c(OC)c1. The lowest BCUT2D eigenvalue weighted by Crippen LogP contribution is -2.37. The van der Waals surface area contributed by atoms with Gasteiger partial charge in [-0.05, 0) is 110 Å². The molecule has 0 radical (unpaired) electrons. The Labute approximate surface area is 318 Å². The van der Waals surface area contributed by atoms with Gasteiger partial charge in [-0.25, -0.2) is 4.79 Å². The molecule has 10 nitrogen and oxygen atoms in total. The molecule has 4 rings (SSSR count). The Bertz CT molecular complexity index is 1960. The minimum Gasteiger partial charge on any atom is -0.496 e. The molecule has 0 spiro atoms. The van der Waals surface area contributed by atoms with Gasteiger partial charge >= 0.3 is 5.97 Å². The van der Waals surface area contributed by atoms with Crippen molar-refractivity contribution in [1.29, 1.82) is 0 Å². The van der Waals surface area contributed by atoms with Crippen molar-refractivity contribution in [3.63, 3.8) is 0 Å². The quantitative estimate of drug-likeness (QED) is 0.0645. The van der Waals surface area contributed by atoms with Gasteiger partial charge in [0.1, 0.15) is 35.7 Å². The standard InChI is InChI=1S/C44H50O10/c1-27(32-15-20-37(47-7)41(23-32)50-10)13-18-39(54-44(45)35-14-12-28(2)40(25-35)49-9)43(26-52-30(4)33-16-19-36(46-6)29(3)22-33)53-31(5)34-17-21-38(48-8)42(24-34)51-11/h12,14-17,19-25,39,43H,1,4-5,13,18,26H2,2-3,6-11H3. The molecule has 0 aromatic heterocycles. The normalized spacial score (nSPS) is 11.7. The Morgan fingerprint density at radius 3 is 1.59 bits per heavy atom. The Morgan fingerprint density at radius 1 is 0.519 bits per heavy atom. The minimum atomic E-state index is -0.865. The molecule has 0 aliphatic carbocycles. The van der Waals surface area contributed by atoms with Gasteiger partial charge in [0.15, 0.2) is 29.1 Å². The molecule has 0 saturated carbocycles. The highest BCUT2D eigenvalue weighted by atomic mass is 16.6. The van der Waals surface area contributed by atoms with Crippen LogP contribution in [0.3, 0.4) is 0 Å². The summed E-state index contributed by atoms with van der Waals surface area (Å²) >= 11 is 0. The molecule has 4 aromatic rings. The third-order valence-corrected chi connectivity index (χ3v) is 8.98. The summed E-state index contributed by atoms with van der Waals surface area (Å²) in [5.74, 6) is 3.65. The Balaban J connectivity index is 1.71. The number of ether oxygens (including phenoxy) is 9. The fourth-order valence-electron chi connectivity index (χ4n) is 5.79. The number of methoxy groups -OCH3 is 6. The minimum absolute atomic E-state index is 0.0474. The fourth-order valence-corrected chi connectivity index (χ4v) is 5.79. The molecule has 0 saturated heterocycles. The molecule has 10 heteroatoms. The highest BCUT2D eigenvalue weighted by molar-refractivity contribution is 5.90. The van der Waals surface area contributed by atoms with Crippen LogP contribution in [0.2, 0.25) is 0 Å². The average molecular weight is 739 g/mol. The zero-order valence-electron chi connectivity index (χ0n) is 32.4. The van der Waals surface area contributed by atoms with Crippen LogP contribution in [-0.4, -0.2) is 67.4 Å². The van der Waals surface area contributed by atoms with Crippen molar-refractivity contribution in [3.05, 3.63) is 126 Å². The molecular weight excluding hydrogens is 688 g/mol. The molecule has 0 aliphatic heterocycles. The van der Waals surface area contributed by atoms with Gasteiger partial charge in [-0.1, -0.05) is 31.9 Å². The number of benzene rings is 4. The van der Waals surface area contributed by atoms with E-state index in [-0.39, 0.29) is 6.61 Å². The van der Waals surface area contributed by atoms with Crippen molar-refractivity contribution in [2.24, 2.45) is 0 Å². The number of hydrogen-bond donors (Lipinski definition) is 0. The van der Waals surface area contributed by atoms with E-state index in [9.17, 15) is 4.79 Å². The first-order valence-electron chi connectivity index (χ1n) is 17.3. The Kier molecular flexibility index (Phi) is 14.5. The summed E-state index contributed by atoms with van der Waals surface area (Å²) in [6, 6.07) is 21.7. The van der Waals surface area contributed by atoms with E-state index in [0.717, 1.165) is 33.6 Å². The number of carbonyl (C=O) groups excluding carboxylic acids is 1. The van der Waals surface area contributed by atoms with Crippen LogP contribution in [0, 0.1) is 13.8 Å². The number of hydrogen-bond acceptors (Lipinski definition) is 10. The van der Waals surface area contributed by atoms with E-state index in [1.165, 1.54) is 0 Å². The topological polar surface area (TPSA) is 100 Å². The Morgan fingerprint density at radius 2 is 1.02 bits per heavy atom. The molecule has 0 aliphatic rings. The zero-order valence-corrected chi connectivity index (χ0v) is 32.4. The number of allylic oxidation sites excluding steroid dienone is 1. The van der Waals surface area contributed by atoms with Gasteiger partial charge in [-0.3, -0.25) is 0 Å². The number of rotatable bonds is 20. The monoisotopic (exact) mass is 738 g/mol. The first kappa shape index (κ1) is 40.7. The van der Waals surface area contributed by atoms with Gasteiger partial charge in [-0.2, -0.15) is 0 Å². The van der Waals surface area contributed by atoms with Gasteiger partial charge in [0.05, 0.1) is 48.2 Å². The molecule has 4 aromatic carbocycles. The van der Waals surface area contributed by atoms with E-state index in [1.54, 1.807) is 79.1 Å². The van der Waals surface area contributed by atoms with Crippen molar-refractivity contribution >= 4 is 23.1 Å². The molecule has 0 bridgehead atoms. The van der Waals surface area contributed by atoms with Gasteiger partial charge in [0.2, 0.25) is 0 Å². The van der Waals surface area contributed by atoms with Gasteiger partial charge in [-0.15, -0.1) is 0 Å². The van der Waals surface area contributed by atoms with Gasteiger partial charge < -0.3 is 42.6 Å². The maximum Gasteiger partial charge on any atom is 0.338 e. The second kappa shape index (κ2) is 19.2. The zero-order chi connectivity index (χ0) is 39.4. The third kappa shape index (κ3) is 10.1. The van der Waals surface area contributed by atoms with E-state index in [2.05, 4.69) is 19.7 Å². The van der Waals surface area contributed by atoms with E-state index in [1.807, 2.05) is 50.2 Å². The maximum atomic E-state index is 13.9. The summed E-state index contributed by atoms with van der Waals surface area (Å²) in [6.45, 7) is 16.5. The molecule has 286 valence electrons. The van der Waals surface area contributed by atoms with E-state index in [4.69, 9.17) is 42.6 Å². The van der Waals surface area contributed by atoms with Crippen molar-refractivity contribution in [3.8, 4) is 34.5 Å². The first-order chi connectivity index (χ1) is 26.0. The summed E-state index contributed by atoms with van der Waals surface area (Å²) in [6.07, 6.45) is -0.991. The van der Waals surface area contributed by atoms with Crippen LogP contribution in [0.25, 0.3) is 17.1 Å². The highest BCUT2D eigenvalue weighted by Crippen LogP contribution is 2.34. The second-order valence-corrected chi connectivity index (χ2v) is 12.4. The fraction of sp³-hybridized carbons (Fsp3) is 0.295. The smallest absolute Gasteiger partial charge is 0.338 e. The lowest BCUT2D eigenvalue weighted by atomic mass is 9.98. The van der Waals surface area contributed by atoms with Crippen LogP contribution in [0.15, 0.2) is 92.5 Å². The van der Waals surface area contributed by atoms with Crippen LogP contribution in [0.1, 0.15) is 51.0 Å². The summed E-state index contributed by atoms with van der Waals surface area (Å²) < 4.78 is 52.0. The van der Waals surface area contributed by atoms with Crippen molar-refractivity contribution in [2.75, 3.05) is 49.3 Å². The summed E-state index contributed by atoms with van der Waals surface area (Å²) in [7, 11) is 9.44. The van der Waals surface area contributed by atoms with E-state index >= 15 is 0 Å². The molecule has 2 atom stereocenters. The largest absolute Gasteiger partial charge is 0.496 e. The third-order valence-electron chi connectivity index (χ3n) is 8.98. The summed E-state index contributed by atoms with van der Waals surface area (Å²) in [5, 5.41) is 0. The molecular formula is C44H50O10. The van der Waals surface area contributed by atoms with Crippen molar-refractivity contribution in [2.45, 2.75) is 38.9 Å². The molecule has 0 heterocycles. The predicted molar refractivity (Wildman–Crippen MR) is 211 cm³/mol. The molecule has 54 heavy (non-hydrogen) atoms. The number of esters is 1. The molecule has 0 N–H and O–H groups in total. The van der Waals surface area contributed by atoms with Gasteiger partial charge in [0.25, 0.3) is 0 Å². The second-order valence-electron chi connectivity index (χ2n) is 12.4. The van der Waals surface area contributed by atoms with Crippen LogP contribution in [-0.2, 0) is 14.2 Å². The van der Waals surface area contributed by atoms with Crippen molar-refractivity contribution < 1.29 is 47.4 Å². The highest BCUT2D eigenvalue weighted by Gasteiger charge is 2.30. The molecule has 0 fully saturated rings. The van der Waals surface area contributed by atoms with E-state index < -0.39 is 18.2 Å². The lowest BCUT2D eigenvalue weighted by molar-refractivity contribution is -0.0384. The Hall–Kier alpha value is -6.03. The molecule has 0 amide bonds. The summed E-state index contributed by atoms with van der Waals surface area (Å²) in [5.41, 5.74) is 5.13. The summed E-state index contributed by atoms with van der Waals surface area (Å²) in [4.78, 5) is 13.9. The predicted octanol–water partition coefficient (Wildman–Crippen LogP) is 9.12. The van der Waals surface area contributed by atoms with Crippen molar-refractivity contribution in [1.82, 2.24) is 0 Å². The molecule has 2 unspecified atom stereocenters.